The average molecular weight is 401 g/mol. The first-order chi connectivity index (χ1) is 13.4. The molecule has 2 N–H and O–H groups in total. The minimum Gasteiger partial charge on any atom is -0.483 e. The molecule has 1 amide bonds. The van der Waals surface area contributed by atoms with E-state index in [2.05, 4.69) is 5.32 Å². The highest BCUT2D eigenvalue weighted by molar-refractivity contribution is 7.98. The molecule has 0 saturated heterocycles. The Morgan fingerprint density at radius 2 is 1.89 bits per heavy atom. The van der Waals surface area contributed by atoms with Crippen LogP contribution in [-0.4, -0.2) is 41.6 Å². The molecule has 0 saturated carbocycles. The van der Waals surface area contributed by atoms with E-state index in [1.54, 1.807) is 37.4 Å². The zero-order chi connectivity index (χ0) is 20.3. The smallest absolute Gasteiger partial charge is 0.344 e. The zero-order valence-electron chi connectivity index (χ0n) is 15.4. The SMILES string of the molecule is CSC[C@H](NC(=O)COc1ccc2c(oc(=O)c3ccccc32)c1C)C(=O)O. The molecule has 0 unspecified atom stereocenters. The molecule has 2 aromatic carbocycles. The summed E-state index contributed by atoms with van der Waals surface area (Å²) in [5.74, 6) is -0.995. The summed E-state index contributed by atoms with van der Waals surface area (Å²) in [6.07, 6.45) is 1.76. The summed E-state index contributed by atoms with van der Waals surface area (Å²) in [5.41, 5.74) is 0.543. The van der Waals surface area contributed by atoms with Crippen molar-refractivity contribution in [3.63, 3.8) is 0 Å². The Bertz CT molecular complexity index is 1110. The molecular weight excluding hydrogens is 382 g/mol. The van der Waals surface area contributed by atoms with Gasteiger partial charge in [0.25, 0.3) is 5.91 Å². The fourth-order valence-electron chi connectivity index (χ4n) is 2.94. The third-order valence-electron chi connectivity index (χ3n) is 4.31. The highest BCUT2D eigenvalue weighted by Gasteiger charge is 2.20. The van der Waals surface area contributed by atoms with Crippen LogP contribution >= 0.6 is 11.8 Å². The first-order valence-corrected chi connectivity index (χ1v) is 9.90. The number of amides is 1. The van der Waals surface area contributed by atoms with Crippen LogP contribution in [0.5, 0.6) is 5.75 Å². The van der Waals surface area contributed by atoms with E-state index in [0.717, 1.165) is 10.8 Å². The van der Waals surface area contributed by atoms with E-state index < -0.39 is 23.5 Å². The van der Waals surface area contributed by atoms with Crippen LogP contribution in [0.3, 0.4) is 0 Å². The van der Waals surface area contributed by atoms with Gasteiger partial charge in [0.2, 0.25) is 0 Å². The van der Waals surface area contributed by atoms with Gasteiger partial charge < -0.3 is 19.6 Å². The van der Waals surface area contributed by atoms with E-state index in [4.69, 9.17) is 14.3 Å². The van der Waals surface area contributed by atoms with Crippen molar-refractivity contribution >= 4 is 45.4 Å². The molecule has 7 nitrogen and oxygen atoms in total. The van der Waals surface area contributed by atoms with Crippen LogP contribution in [0.25, 0.3) is 21.7 Å². The van der Waals surface area contributed by atoms with Crippen molar-refractivity contribution in [2.45, 2.75) is 13.0 Å². The maximum atomic E-state index is 12.2. The van der Waals surface area contributed by atoms with Gasteiger partial charge in [0.15, 0.2) is 6.61 Å². The van der Waals surface area contributed by atoms with Crippen molar-refractivity contribution in [2.75, 3.05) is 18.6 Å². The molecule has 8 heteroatoms. The van der Waals surface area contributed by atoms with Gasteiger partial charge >= 0.3 is 11.6 Å². The molecule has 1 heterocycles. The normalized spacial score (nSPS) is 12.1. The Labute approximate surface area is 164 Å². The fourth-order valence-corrected chi connectivity index (χ4v) is 3.50. The molecule has 0 aliphatic carbocycles. The predicted octanol–water partition coefficient (Wildman–Crippen LogP) is 2.57. The van der Waals surface area contributed by atoms with Crippen molar-refractivity contribution in [3.8, 4) is 5.75 Å². The number of fused-ring (bicyclic) bond motifs is 3. The number of carbonyl (C=O) groups excluding carboxylic acids is 1. The standard InChI is InChI=1S/C20H19NO6S/c1-11-16(26-9-17(22)21-15(10-28-2)19(23)24)8-7-13-12-5-3-4-6-14(12)20(25)27-18(11)13/h3-8,15H,9-10H2,1-2H3,(H,21,22)(H,23,24)/t15-/m0/s1. The van der Waals surface area contributed by atoms with E-state index >= 15 is 0 Å². The highest BCUT2D eigenvalue weighted by atomic mass is 32.2. The molecule has 0 aliphatic rings. The molecular formula is C20H19NO6S. The summed E-state index contributed by atoms with van der Waals surface area (Å²) < 4.78 is 11.0. The lowest BCUT2D eigenvalue weighted by Crippen LogP contribution is -2.44. The first kappa shape index (κ1) is 19.8. The van der Waals surface area contributed by atoms with Crippen molar-refractivity contribution in [2.24, 2.45) is 0 Å². The van der Waals surface area contributed by atoms with E-state index in [1.165, 1.54) is 11.8 Å². The summed E-state index contributed by atoms with van der Waals surface area (Å²) in [7, 11) is 0. The average Bonchev–Trinajstić information content (AvgIpc) is 2.68. The molecule has 3 rings (SSSR count). The Balaban J connectivity index is 1.84. The lowest BCUT2D eigenvalue weighted by molar-refractivity contribution is -0.141. The molecule has 0 radical (unpaired) electrons. The number of hydrogen-bond acceptors (Lipinski definition) is 6. The Kier molecular flexibility index (Phi) is 5.89. The number of hydrogen-bond donors (Lipinski definition) is 2. The number of ether oxygens (including phenoxy) is 1. The van der Waals surface area contributed by atoms with Gasteiger partial charge in [0.05, 0.1) is 5.39 Å². The Morgan fingerprint density at radius 1 is 1.18 bits per heavy atom. The number of benzene rings is 2. The fraction of sp³-hybridized carbons (Fsp3) is 0.250. The molecule has 1 atom stereocenters. The van der Waals surface area contributed by atoms with Gasteiger partial charge in [-0.05, 0) is 36.8 Å². The third kappa shape index (κ3) is 3.96. The molecule has 0 spiro atoms. The molecule has 146 valence electrons. The van der Waals surface area contributed by atoms with Crippen LogP contribution in [-0.2, 0) is 9.59 Å². The predicted molar refractivity (Wildman–Crippen MR) is 108 cm³/mol. The second-order valence-corrected chi connectivity index (χ2v) is 7.11. The molecule has 0 fully saturated rings. The maximum Gasteiger partial charge on any atom is 0.344 e. The molecule has 28 heavy (non-hydrogen) atoms. The topological polar surface area (TPSA) is 106 Å². The second-order valence-electron chi connectivity index (χ2n) is 6.20. The van der Waals surface area contributed by atoms with Gasteiger partial charge in [-0.15, -0.1) is 0 Å². The third-order valence-corrected chi connectivity index (χ3v) is 4.98. The van der Waals surface area contributed by atoms with E-state index in [1.807, 2.05) is 12.1 Å². The molecule has 3 aromatic rings. The maximum absolute atomic E-state index is 12.2. The van der Waals surface area contributed by atoms with E-state index in [9.17, 15) is 14.4 Å². The number of carboxylic acids is 1. The first-order valence-electron chi connectivity index (χ1n) is 8.51. The number of carbonyl (C=O) groups is 2. The second kappa shape index (κ2) is 8.35. The number of nitrogens with one attached hydrogen (secondary N) is 1. The van der Waals surface area contributed by atoms with Crippen LogP contribution in [0, 0.1) is 6.92 Å². The molecule has 0 aliphatic heterocycles. The monoisotopic (exact) mass is 401 g/mol. The lowest BCUT2D eigenvalue weighted by atomic mass is 10.0. The van der Waals surface area contributed by atoms with Gasteiger partial charge in [-0.25, -0.2) is 9.59 Å². The van der Waals surface area contributed by atoms with E-state index in [0.29, 0.717) is 22.3 Å². The number of carboxylic acid groups (broad SMARTS) is 1. The van der Waals surface area contributed by atoms with Crippen LogP contribution < -0.4 is 15.7 Å². The van der Waals surface area contributed by atoms with Crippen molar-refractivity contribution in [3.05, 3.63) is 52.4 Å². The van der Waals surface area contributed by atoms with Crippen molar-refractivity contribution in [1.29, 1.82) is 0 Å². The van der Waals surface area contributed by atoms with Crippen LogP contribution in [0.2, 0.25) is 0 Å². The summed E-state index contributed by atoms with van der Waals surface area (Å²) in [5, 5.41) is 13.6. The van der Waals surface area contributed by atoms with Crippen molar-refractivity contribution < 1.29 is 23.8 Å². The summed E-state index contributed by atoms with van der Waals surface area (Å²) >= 11 is 1.32. The minimum absolute atomic E-state index is 0.258. The van der Waals surface area contributed by atoms with E-state index in [-0.39, 0.29) is 12.4 Å². The lowest BCUT2D eigenvalue weighted by Gasteiger charge is -2.15. The zero-order valence-corrected chi connectivity index (χ0v) is 16.2. The summed E-state index contributed by atoms with van der Waals surface area (Å²) in [6, 6.07) is 9.67. The number of aryl methyl sites for hydroxylation is 1. The highest BCUT2D eigenvalue weighted by Crippen LogP contribution is 2.30. The van der Waals surface area contributed by atoms with Gasteiger partial charge in [0, 0.05) is 16.7 Å². The Hall–Kier alpha value is -3.00. The van der Waals surface area contributed by atoms with Gasteiger partial charge in [-0.2, -0.15) is 11.8 Å². The van der Waals surface area contributed by atoms with Crippen LogP contribution in [0.15, 0.2) is 45.6 Å². The molecule has 1 aromatic heterocycles. The van der Waals surface area contributed by atoms with Crippen LogP contribution in [0.4, 0.5) is 0 Å². The van der Waals surface area contributed by atoms with Crippen molar-refractivity contribution in [1.82, 2.24) is 5.32 Å². The number of rotatable bonds is 7. The van der Waals surface area contributed by atoms with Gasteiger partial charge in [0.1, 0.15) is 17.4 Å². The molecule has 0 bridgehead atoms. The summed E-state index contributed by atoms with van der Waals surface area (Å²) in [4.78, 5) is 35.4. The van der Waals surface area contributed by atoms with Gasteiger partial charge in [-0.3, -0.25) is 4.79 Å². The number of thioether (sulfide) groups is 1. The van der Waals surface area contributed by atoms with Gasteiger partial charge in [-0.1, -0.05) is 18.2 Å². The van der Waals surface area contributed by atoms with Crippen LogP contribution in [0.1, 0.15) is 5.56 Å². The number of aliphatic carboxylic acids is 1. The quantitative estimate of drug-likeness (QED) is 0.463. The summed E-state index contributed by atoms with van der Waals surface area (Å²) in [6.45, 7) is 1.39. The minimum atomic E-state index is -1.10. The largest absolute Gasteiger partial charge is 0.483 e. The Morgan fingerprint density at radius 3 is 2.57 bits per heavy atom.